The van der Waals surface area contributed by atoms with E-state index in [1.807, 2.05) is 18.2 Å². The maximum absolute atomic E-state index is 12.7. The molecule has 1 atom stereocenters. The first-order valence-electron chi connectivity index (χ1n) is 9.50. The summed E-state index contributed by atoms with van der Waals surface area (Å²) in [4.78, 5) is 30.9. The molecule has 0 aromatic carbocycles. The van der Waals surface area contributed by atoms with Gasteiger partial charge in [-0.25, -0.2) is 8.42 Å². The van der Waals surface area contributed by atoms with E-state index in [4.69, 9.17) is 0 Å². The van der Waals surface area contributed by atoms with Crippen molar-refractivity contribution in [3.63, 3.8) is 0 Å². The molecule has 1 aliphatic carbocycles. The molecule has 1 aromatic heterocycles. The predicted molar refractivity (Wildman–Crippen MR) is 101 cm³/mol. The molecule has 1 saturated carbocycles. The van der Waals surface area contributed by atoms with Crippen LogP contribution in [0.2, 0.25) is 0 Å². The van der Waals surface area contributed by atoms with Crippen LogP contribution in [0.5, 0.6) is 0 Å². The summed E-state index contributed by atoms with van der Waals surface area (Å²) in [6.07, 6.45) is 4.93. The van der Waals surface area contributed by atoms with Crippen molar-refractivity contribution >= 4 is 21.7 Å². The normalized spacial score (nSPS) is 27.1. The Morgan fingerprint density at radius 1 is 1.15 bits per heavy atom. The van der Waals surface area contributed by atoms with E-state index in [0.29, 0.717) is 38.6 Å². The van der Waals surface area contributed by atoms with Gasteiger partial charge in [-0.3, -0.25) is 14.6 Å². The number of amides is 2. The molecule has 0 spiro atoms. The lowest BCUT2D eigenvalue weighted by molar-refractivity contribution is -0.138. The van der Waals surface area contributed by atoms with E-state index in [0.717, 1.165) is 5.69 Å². The number of sulfone groups is 1. The second-order valence-electron chi connectivity index (χ2n) is 7.59. The summed E-state index contributed by atoms with van der Waals surface area (Å²) in [5.41, 5.74) is 0.822. The van der Waals surface area contributed by atoms with Crippen LogP contribution in [0.15, 0.2) is 24.4 Å². The SMILES string of the molecule is CN(C(=O)C1CCC(C(=O)NCc2ccccn2)CC1)C1CCS(=O)(=O)C1. The molecule has 2 heterocycles. The van der Waals surface area contributed by atoms with Crippen molar-refractivity contribution in [2.45, 2.75) is 44.7 Å². The van der Waals surface area contributed by atoms with Crippen LogP contribution < -0.4 is 5.32 Å². The van der Waals surface area contributed by atoms with Crippen molar-refractivity contribution in [1.29, 1.82) is 0 Å². The summed E-state index contributed by atoms with van der Waals surface area (Å²) in [5.74, 6) is 0.0817. The molecule has 2 aliphatic rings. The van der Waals surface area contributed by atoms with Gasteiger partial charge in [-0.05, 0) is 44.2 Å². The lowest BCUT2D eigenvalue weighted by Crippen LogP contribution is -2.43. The van der Waals surface area contributed by atoms with Gasteiger partial charge >= 0.3 is 0 Å². The van der Waals surface area contributed by atoms with E-state index in [1.165, 1.54) is 0 Å². The van der Waals surface area contributed by atoms with Crippen LogP contribution in [0.25, 0.3) is 0 Å². The van der Waals surface area contributed by atoms with Gasteiger partial charge in [0.15, 0.2) is 9.84 Å². The topological polar surface area (TPSA) is 96.4 Å². The molecule has 3 rings (SSSR count). The number of pyridine rings is 1. The van der Waals surface area contributed by atoms with Crippen LogP contribution in [-0.2, 0) is 26.0 Å². The molecular formula is C19H27N3O4S. The quantitative estimate of drug-likeness (QED) is 0.809. The number of nitrogens with one attached hydrogen (secondary N) is 1. The highest BCUT2D eigenvalue weighted by Crippen LogP contribution is 2.31. The maximum atomic E-state index is 12.7. The molecule has 0 bridgehead atoms. The molecule has 1 saturated heterocycles. The lowest BCUT2D eigenvalue weighted by atomic mass is 9.80. The second kappa shape index (κ2) is 8.37. The minimum absolute atomic E-state index is 0.0155. The number of nitrogens with zero attached hydrogens (tertiary/aromatic N) is 2. The minimum atomic E-state index is -3.01. The summed E-state index contributed by atoms with van der Waals surface area (Å²) in [6.45, 7) is 0.414. The lowest BCUT2D eigenvalue weighted by Gasteiger charge is -2.32. The molecular weight excluding hydrogens is 366 g/mol. The molecule has 1 unspecified atom stereocenters. The summed E-state index contributed by atoms with van der Waals surface area (Å²) >= 11 is 0. The van der Waals surface area contributed by atoms with Crippen LogP contribution >= 0.6 is 0 Å². The number of aromatic nitrogens is 1. The molecule has 7 nitrogen and oxygen atoms in total. The number of hydrogen-bond donors (Lipinski definition) is 1. The maximum Gasteiger partial charge on any atom is 0.225 e. The van der Waals surface area contributed by atoms with Crippen LogP contribution in [0.4, 0.5) is 0 Å². The molecule has 0 radical (unpaired) electrons. The van der Waals surface area contributed by atoms with Crippen LogP contribution in [0.1, 0.15) is 37.8 Å². The number of carbonyl (C=O) groups excluding carboxylic acids is 2. The fraction of sp³-hybridized carbons (Fsp3) is 0.632. The summed E-state index contributed by atoms with van der Waals surface area (Å²) in [5, 5.41) is 2.93. The van der Waals surface area contributed by atoms with Gasteiger partial charge in [0.2, 0.25) is 11.8 Å². The van der Waals surface area contributed by atoms with Crippen molar-refractivity contribution < 1.29 is 18.0 Å². The smallest absolute Gasteiger partial charge is 0.225 e. The van der Waals surface area contributed by atoms with Gasteiger partial charge in [-0.15, -0.1) is 0 Å². The molecule has 8 heteroatoms. The van der Waals surface area contributed by atoms with Crippen LogP contribution in [-0.4, -0.2) is 54.7 Å². The molecule has 148 valence electrons. The second-order valence-corrected chi connectivity index (χ2v) is 9.82. The highest BCUT2D eigenvalue weighted by Gasteiger charge is 2.37. The zero-order valence-electron chi connectivity index (χ0n) is 15.6. The van der Waals surface area contributed by atoms with Gasteiger partial charge in [0.25, 0.3) is 0 Å². The highest BCUT2D eigenvalue weighted by atomic mass is 32.2. The van der Waals surface area contributed by atoms with Gasteiger partial charge in [-0.1, -0.05) is 6.07 Å². The Bertz CT molecular complexity index is 773. The average molecular weight is 394 g/mol. The van der Waals surface area contributed by atoms with E-state index < -0.39 is 9.84 Å². The third-order valence-corrected chi connectivity index (χ3v) is 7.47. The number of hydrogen-bond acceptors (Lipinski definition) is 5. The number of carbonyl (C=O) groups is 2. The van der Waals surface area contributed by atoms with Crippen LogP contribution in [0.3, 0.4) is 0 Å². The molecule has 2 amide bonds. The molecule has 27 heavy (non-hydrogen) atoms. The molecule has 1 aliphatic heterocycles. The first-order valence-corrected chi connectivity index (χ1v) is 11.3. The zero-order valence-corrected chi connectivity index (χ0v) is 16.5. The van der Waals surface area contributed by atoms with Crippen molar-refractivity contribution in [2.75, 3.05) is 18.6 Å². The highest BCUT2D eigenvalue weighted by molar-refractivity contribution is 7.91. The number of rotatable bonds is 5. The molecule has 2 fully saturated rings. The minimum Gasteiger partial charge on any atom is -0.350 e. The van der Waals surface area contributed by atoms with E-state index in [1.54, 1.807) is 18.1 Å². The van der Waals surface area contributed by atoms with Gasteiger partial charge in [-0.2, -0.15) is 0 Å². The third-order valence-electron chi connectivity index (χ3n) is 5.72. The molecule has 1 aromatic rings. The Morgan fingerprint density at radius 2 is 1.85 bits per heavy atom. The van der Waals surface area contributed by atoms with Crippen molar-refractivity contribution in [2.24, 2.45) is 11.8 Å². The monoisotopic (exact) mass is 393 g/mol. The first-order chi connectivity index (χ1) is 12.9. The Balaban J connectivity index is 1.45. The zero-order chi connectivity index (χ0) is 19.4. The Kier molecular flexibility index (Phi) is 6.14. The third kappa shape index (κ3) is 5.06. The van der Waals surface area contributed by atoms with Crippen molar-refractivity contribution in [3.8, 4) is 0 Å². The van der Waals surface area contributed by atoms with E-state index in [-0.39, 0.29) is 41.2 Å². The predicted octanol–water partition coefficient (Wildman–Crippen LogP) is 1.15. The van der Waals surface area contributed by atoms with E-state index in [2.05, 4.69) is 10.3 Å². The van der Waals surface area contributed by atoms with E-state index >= 15 is 0 Å². The Hall–Kier alpha value is -1.96. The summed E-state index contributed by atoms with van der Waals surface area (Å²) < 4.78 is 23.3. The first kappa shape index (κ1) is 19.8. The summed E-state index contributed by atoms with van der Waals surface area (Å²) in [7, 11) is -1.30. The average Bonchev–Trinajstić information content (AvgIpc) is 3.05. The van der Waals surface area contributed by atoms with Gasteiger partial charge in [0.05, 0.1) is 23.7 Å². The van der Waals surface area contributed by atoms with Crippen LogP contribution in [0, 0.1) is 11.8 Å². The fourth-order valence-electron chi connectivity index (χ4n) is 3.98. The van der Waals surface area contributed by atoms with E-state index in [9.17, 15) is 18.0 Å². The Morgan fingerprint density at radius 3 is 2.44 bits per heavy atom. The Labute approximate surface area is 160 Å². The van der Waals surface area contributed by atoms with Gasteiger partial charge in [0.1, 0.15) is 0 Å². The fourth-order valence-corrected chi connectivity index (χ4v) is 5.75. The van der Waals surface area contributed by atoms with Crippen molar-refractivity contribution in [1.82, 2.24) is 15.2 Å². The summed E-state index contributed by atoms with van der Waals surface area (Å²) in [6, 6.07) is 5.38. The van der Waals surface area contributed by atoms with Gasteiger partial charge in [0, 0.05) is 31.1 Å². The van der Waals surface area contributed by atoms with Gasteiger partial charge < -0.3 is 10.2 Å². The standard InChI is InChI=1S/C19H27N3O4S/c1-22(17-9-11-27(25,26)13-17)19(24)15-7-5-14(6-8-15)18(23)21-12-16-4-2-3-10-20-16/h2-4,10,14-15,17H,5-9,11-13H2,1H3,(H,21,23). The molecule has 1 N–H and O–H groups in total. The van der Waals surface area contributed by atoms with Crippen molar-refractivity contribution in [3.05, 3.63) is 30.1 Å². The largest absolute Gasteiger partial charge is 0.350 e.